The first-order valence-corrected chi connectivity index (χ1v) is 6.86. The van der Waals surface area contributed by atoms with E-state index in [0.717, 1.165) is 31.9 Å². The van der Waals surface area contributed by atoms with Crippen molar-refractivity contribution in [2.45, 2.75) is 26.8 Å². The van der Waals surface area contributed by atoms with Crippen molar-refractivity contribution in [1.82, 2.24) is 5.32 Å². The predicted octanol–water partition coefficient (Wildman–Crippen LogP) is 2.74. The molecule has 0 aromatic heterocycles. The molecule has 0 atom stereocenters. The van der Waals surface area contributed by atoms with E-state index in [1.165, 1.54) is 5.56 Å². The van der Waals surface area contributed by atoms with Crippen molar-refractivity contribution in [1.29, 1.82) is 5.26 Å². The third-order valence-corrected chi connectivity index (χ3v) is 3.14. The fraction of sp³-hybridized carbons (Fsp3) is 0.562. The Morgan fingerprint density at radius 1 is 1.25 bits per heavy atom. The van der Waals surface area contributed by atoms with Crippen molar-refractivity contribution in [2.24, 2.45) is 5.41 Å². The second kappa shape index (κ2) is 8.57. The summed E-state index contributed by atoms with van der Waals surface area (Å²) in [5.74, 6) is 0.732. The first-order valence-electron chi connectivity index (χ1n) is 6.86. The van der Waals surface area contributed by atoms with E-state index in [0.29, 0.717) is 0 Å². The van der Waals surface area contributed by atoms with Crippen LogP contribution in [-0.4, -0.2) is 26.9 Å². The minimum Gasteiger partial charge on any atom is -0.479 e. The Hall–Kier alpha value is -1.57. The molecule has 0 unspecified atom stereocenters. The topological polar surface area (TPSA) is 54.3 Å². The maximum absolute atomic E-state index is 8.44. The maximum Gasteiger partial charge on any atom is 0.174 e. The van der Waals surface area contributed by atoms with Crippen molar-refractivity contribution >= 4 is 0 Å². The largest absolute Gasteiger partial charge is 0.479 e. The predicted molar refractivity (Wildman–Crippen MR) is 79.5 cm³/mol. The summed E-state index contributed by atoms with van der Waals surface area (Å²) in [5.41, 5.74) is 1.43. The summed E-state index contributed by atoms with van der Waals surface area (Å²) in [7, 11) is 1.74. The number of ether oxygens (including phenoxy) is 2. The van der Waals surface area contributed by atoms with Gasteiger partial charge in [0.15, 0.2) is 6.61 Å². The van der Waals surface area contributed by atoms with E-state index in [9.17, 15) is 0 Å². The molecule has 0 bridgehead atoms. The van der Waals surface area contributed by atoms with Gasteiger partial charge in [-0.2, -0.15) is 5.26 Å². The Labute approximate surface area is 121 Å². The van der Waals surface area contributed by atoms with Crippen molar-refractivity contribution in [3.05, 3.63) is 29.8 Å². The van der Waals surface area contributed by atoms with Crippen LogP contribution in [-0.2, 0) is 11.3 Å². The lowest BCUT2D eigenvalue weighted by molar-refractivity contribution is 0.150. The van der Waals surface area contributed by atoms with Crippen molar-refractivity contribution in [2.75, 3.05) is 26.9 Å². The number of hydrogen-bond acceptors (Lipinski definition) is 4. The fourth-order valence-electron chi connectivity index (χ4n) is 1.83. The summed E-state index contributed by atoms with van der Waals surface area (Å²) in [6.07, 6.45) is 1.04. The van der Waals surface area contributed by atoms with Gasteiger partial charge in [-0.3, -0.25) is 0 Å². The summed E-state index contributed by atoms with van der Waals surface area (Å²) in [5, 5.41) is 11.9. The maximum atomic E-state index is 8.44. The smallest absolute Gasteiger partial charge is 0.174 e. The lowest BCUT2D eigenvalue weighted by Crippen LogP contribution is -2.30. The zero-order valence-corrected chi connectivity index (χ0v) is 12.6. The van der Waals surface area contributed by atoms with Gasteiger partial charge in [-0.15, -0.1) is 0 Å². The van der Waals surface area contributed by atoms with E-state index in [-0.39, 0.29) is 12.0 Å². The van der Waals surface area contributed by atoms with E-state index in [2.05, 4.69) is 19.2 Å². The number of benzene rings is 1. The molecule has 4 nitrogen and oxygen atoms in total. The highest BCUT2D eigenvalue weighted by Crippen LogP contribution is 2.19. The Morgan fingerprint density at radius 2 is 1.95 bits per heavy atom. The van der Waals surface area contributed by atoms with E-state index in [1.807, 2.05) is 30.3 Å². The fourth-order valence-corrected chi connectivity index (χ4v) is 1.83. The number of nitriles is 1. The van der Waals surface area contributed by atoms with Gasteiger partial charge in [-0.1, -0.05) is 26.0 Å². The number of methoxy groups -OCH3 is 1. The highest BCUT2D eigenvalue weighted by atomic mass is 16.5. The van der Waals surface area contributed by atoms with Crippen LogP contribution < -0.4 is 10.1 Å². The van der Waals surface area contributed by atoms with Gasteiger partial charge in [-0.25, -0.2) is 0 Å². The summed E-state index contributed by atoms with van der Waals surface area (Å²) in [6, 6.07) is 9.77. The van der Waals surface area contributed by atoms with Gasteiger partial charge in [-0.05, 0) is 29.5 Å². The van der Waals surface area contributed by atoms with Gasteiger partial charge < -0.3 is 14.8 Å². The van der Waals surface area contributed by atoms with Gasteiger partial charge in [0, 0.05) is 26.8 Å². The second-order valence-corrected chi connectivity index (χ2v) is 5.60. The lowest BCUT2D eigenvalue weighted by Gasteiger charge is -2.24. The summed E-state index contributed by atoms with van der Waals surface area (Å²) in [4.78, 5) is 0. The van der Waals surface area contributed by atoms with E-state index < -0.39 is 0 Å². The van der Waals surface area contributed by atoms with Gasteiger partial charge >= 0.3 is 0 Å². The minimum atomic E-state index is 0.0886. The Bertz CT molecular complexity index is 421. The molecule has 1 rings (SSSR count). The zero-order valence-electron chi connectivity index (χ0n) is 12.6. The summed E-state index contributed by atoms with van der Waals surface area (Å²) < 4.78 is 10.3. The second-order valence-electron chi connectivity index (χ2n) is 5.60. The summed E-state index contributed by atoms with van der Waals surface area (Å²) in [6.45, 7) is 7.12. The molecule has 1 aromatic carbocycles. The van der Waals surface area contributed by atoms with Crippen LogP contribution in [0.25, 0.3) is 0 Å². The van der Waals surface area contributed by atoms with Crippen LogP contribution in [0.4, 0.5) is 0 Å². The molecule has 1 N–H and O–H groups in total. The van der Waals surface area contributed by atoms with Gasteiger partial charge in [0.2, 0.25) is 0 Å². The van der Waals surface area contributed by atoms with Crippen LogP contribution in [0, 0.1) is 16.7 Å². The number of rotatable bonds is 9. The molecule has 110 valence electrons. The summed E-state index contributed by atoms with van der Waals surface area (Å²) >= 11 is 0. The Kier molecular flexibility index (Phi) is 7.06. The SMILES string of the molecule is COCCC(C)(C)CNCc1ccc(OCC#N)cc1. The van der Waals surface area contributed by atoms with Gasteiger partial charge in [0.25, 0.3) is 0 Å². The average molecular weight is 276 g/mol. The van der Waals surface area contributed by atoms with Gasteiger partial charge in [0.05, 0.1) is 0 Å². The third-order valence-electron chi connectivity index (χ3n) is 3.14. The molecule has 0 aliphatic rings. The van der Waals surface area contributed by atoms with E-state index in [4.69, 9.17) is 14.7 Å². The normalized spacial score (nSPS) is 11.1. The van der Waals surface area contributed by atoms with E-state index >= 15 is 0 Å². The van der Waals surface area contributed by atoms with Crippen molar-refractivity contribution in [3.8, 4) is 11.8 Å². The average Bonchev–Trinajstić information content (AvgIpc) is 2.44. The van der Waals surface area contributed by atoms with Crippen LogP contribution in [0.2, 0.25) is 0 Å². The molecule has 0 amide bonds. The lowest BCUT2D eigenvalue weighted by atomic mass is 9.89. The Morgan fingerprint density at radius 3 is 2.55 bits per heavy atom. The number of nitrogens with zero attached hydrogens (tertiary/aromatic N) is 1. The van der Waals surface area contributed by atoms with Crippen molar-refractivity contribution < 1.29 is 9.47 Å². The molecule has 20 heavy (non-hydrogen) atoms. The first kappa shape index (κ1) is 16.5. The van der Waals surface area contributed by atoms with Crippen LogP contribution in [0.15, 0.2) is 24.3 Å². The number of nitrogens with one attached hydrogen (secondary N) is 1. The molecule has 0 saturated heterocycles. The van der Waals surface area contributed by atoms with Crippen LogP contribution in [0.1, 0.15) is 25.8 Å². The molecule has 0 radical (unpaired) electrons. The molecular weight excluding hydrogens is 252 g/mol. The Balaban J connectivity index is 2.33. The molecule has 0 aliphatic heterocycles. The monoisotopic (exact) mass is 276 g/mol. The van der Waals surface area contributed by atoms with Gasteiger partial charge in [0.1, 0.15) is 11.8 Å². The van der Waals surface area contributed by atoms with E-state index in [1.54, 1.807) is 7.11 Å². The standard InChI is InChI=1S/C16H24N2O2/c1-16(2,8-10-19-3)13-18-12-14-4-6-15(7-5-14)20-11-9-17/h4-7,18H,8,10-13H2,1-3H3. The van der Waals surface area contributed by atoms with Crippen LogP contribution in [0.3, 0.4) is 0 Å². The molecule has 0 heterocycles. The zero-order chi connectivity index (χ0) is 14.8. The number of hydrogen-bond donors (Lipinski definition) is 1. The molecule has 1 aromatic rings. The minimum absolute atomic E-state index is 0.0886. The first-order chi connectivity index (χ1) is 9.57. The third kappa shape index (κ3) is 6.55. The van der Waals surface area contributed by atoms with Crippen molar-refractivity contribution in [3.63, 3.8) is 0 Å². The van der Waals surface area contributed by atoms with Crippen LogP contribution in [0.5, 0.6) is 5.75 Å². The molecule has 0 fully saturated rings. The van der Waals surface area contributed by atoms with Crippen LogP contribution >= 0.6 is 0 Å². The molecule has 4 heteroatoms. The molecular formula is C16H24N2O2. The highest BCUT2D eigenvalue weighted by molar-refractivity contribution is 5.27. The molecule has 0 spiro atoms. The quantitative estimate of drug-likeness (QED) is 0.753. The highest BCUT2D eigenvalue weighted by Gasteiger charge is 2.16. The molecule has 0 saturated carbocycles. The molecule has 0 aliphatic carbocycles.